The van der Waals surface area contributed by atoms with Crippen molar-refractivity contribution in [3.63, 3.8) is 0 Å². The summed E-state index contributed by atoms with van der Waals surface area (Å²) in [6.45, 7) is 2.97. The first-order valence-electron chi connectivity index (χ1n) is 9.03. The van der Waals surface area contributed by atoms with Gasteiger partial charge in [-0.2, -0.15) is 0 Å². The fraction of sp³-hybridized carbons (Fsp3) is 0.684. The van der Waals surface area contributed by atoms with Crippen molar-refractivity contribution in [1.82, 2.24) is 0 Å². The molecule has 1 N–H and O–H groups in total. The highest BCUT2D eigenvalue weighted by molar-refractivity contribution is 5.50. The molecule has 3 aliphatic rings. The predicted octanol–water partition coefficient (Wildman–Crippen LogP) is 4.24. The lowest BCUT2D eigenvalue weighted by Crippen LogP contribution is -2.43. The molecular formula is C19H26O4. The Morgan fingerprint density at radius 1 is 1.30 bits per heavy atom. The molecular weight excluding hydrogens is 292 g/mol. The Bertz CT molecular complexity index is 577. The number of aromatic hydroxyl groups is 1. The molecule has 4 nitrogen and oxygen atoms in total. The zero-order valence-corrected chi connectivity index (χ0v) is 13.8. The minimum absolute atomic E-state index is 0.0350. The Morgan fingerprint density at radius 2 is 2.22 bits per heavy atom. The summed E-state index contributed by atoms with van der Waals surface area (Å²) < 4.78 is 18.5. The summed E-state index contributed by atoms with van der Waals surface area (Å²) in [4.78, 5) is 0. The Morgan fingerprint density at radius 3 is 3.00 bits per heavy atom. The summed E-state index contributed by atoms with van der Waals surface area (Å²) in [5.74, 6) is 0.487. The average molecular weight is 318 g/mol. The number of benzene rings is 1. The third kappa shape index (κ3) is 2.83. The topological polar surface area (TPSA) is 47.9 Å². The monoisotopic (exact) mass is 318 g/mol. The van der Waals surface area contributed by atoms with Crippen LogP contribution in [0.25, 0.3) is 0 Å². The predicted molar refractivity (Wildman–Crippen MR) is 86.7 cm³/mol. The molecule has 0 unspecified atom stereocenters. The highest BCUT2D eigenvalue weighted by atomic mass is 16.7. The molecule has 1 spiro atoms. The molecule has 1 saturated heterocycles. The first-order valence-corrected chi connectivity index (χ1v) is 9.03. The van der Waals surface area contributed by atoms with Gasteiger partial charge in [0.1, 0.15) is 11.5 Å². The number of ether oxygens (including phenoxy) is 3. The normalized spacial score (nSPS) is 31.9. The molecule has 1 aromatic rings. The van der Waals surface area contributed by atoms with Crippen LogP contribution in [0.15, 0.2) is 12.1 Å². The molecule has 1 aromatic carbocycles. The van der Waals surface area contributed by atoms with Crippen molar-refractivity contribution >= 4 is 0 Å². The van der Waals surface area contributed by atoms with Crippen LogP contribution in [0.1, 0.15) is 69.1 Å². The van der Waals surface area contributed by atoms with E-state index in [2.05, 4.69) is 6.92 Å². The molecule has 4 heteroatoms. The SMILES string of the molecule is CCCCC[C@@H]1Cc2cc(O)cc3c2[C@H](C[C@@]2(CCCO2)O3)O1. The van der Waals surface area contributed by atoms with Crippen LogP contribution in [0.2, 0.25) is 0 Å². The van der Waals surface area contributed by atoms with E-state index in [1.54, 1.807) is 6.07 Å². The molecule has 4 rings (SSSR count). The van der Waals surface area contributed by atoms with E-state index in [9.17, 15) is 5.11 Å². The average Bonchev–Trinajstić information content (AvgIpc) is 2.94. The molecule has 0 amide bonds. The Kier molecular flexibility index (Phi) is 3.98. The third-order valence-electron chi connectivity index (χ3n) is 5.33. The minimum Gasteiger partial charge on any atom is -0.508 e. The zero-order valence-electron chi connectivity index (χ0n) is 13.8. The highest BCUT2D eigenvalue weighted by Gasteiger charge is 2.47. The van der Waals surface area contributed by atoms with Gasteiger partial charge in [-0.3, -0.25) is 0 Å². The molecule has 0 bridgehead atoms. The van der Waals surface area contributed by atoms with Crippen LogP contribution in [0, 0.1) is 0 Å². The lowest BCUT2D eigenvalue weighted by atomic mass is 9.86. The van der Waals surface area contributed by atoms with Gasteiger partial charge in [0.25, 0.3) is 0 Å². The van der Waals surface area contributed by atoms with E-state index in [4.69, 9.17) is 14.2 Å². The fourth-order valence-corrected chi connectivity index (χ4v) is 4.26. The van der Waals surface area contributed by atoms with E-state index in [1.807, 2.05) is 6.07 Å². The minimum atomic E-state index is -0.548. The number of hydrogen-bond acceptors (Lipinski definition) is 4. The summed E-state index contributed by atoms with van der Waals surface area (Å²) in [7, 11) is 0. The van der Waals surface area contributed by atoms with Crippen molar-refractivity contribution < 1.29 is 19.3 Å². The van der Waals surface area contributed by atoms with Gasteiger partial charge in [0.2, 0.25) is 5.79 Å². The lowest BCUT2D eigenvalue weighted by molar-refractivity contribution is -0.197. The third-order valence-corrected chi connectivity index (χ3v) is 5.33. The number of phenolic OH excluding ortho intramolecular Hbond substituents is 1. The molecule has 0 aromatic heterocycles. The molecule has 126 valence electrons. The zero-order chi connectivity index (χ0) is 15.9. The molecule has 0 aliphatic carbocycles. The molecule has 3 aliphatic heterocycles. The van der Waals surface area contributed by atoms with Crippen molar-refractivity contribution in [2.75, 3.05) is 6.61 Å². The van der Waals surface area contributed by atoms with Crippen molar-refractivity contribution in [2.24, 2.45) is 0 Å². The van der Waals surface area contributed by atoms with Crippen molar-refractivity contribution in [3.8, 4) is 11.5 Å². The van der Waals surface area contributed by atoms with E-state index >= 15 is 0 Å². The lowest BCUT2D eigenvalue weighted by Gasteiger charge is -2.43. The van der Waals surface area contributed by atoms with Crippen LogP contribution in [-0.4, -0.2) is 23.6 Å². The van der Waals surface area contributed by atoms with Crippen LogP contribution in [0.3, 0.4) is 0 Å². The van der Waals surface area contributed by atoms with Crippen molar-refractivity contribution in [1.29, 1.82) is 0 Å². The first-order chi connectivity index (χ1) is 11.2. The van der Waals surface area contributed by atoms with Crippen LogP contribution >= 0.6 is 0 Å². The van der Waals surface area contributed by atoms with E-state index in [0.29, 0.717) is 0 Å². The van der Waals surface area contributed by atoms with Crippen LogP contribution in [0.5, 0.6) is 11.5 Å². The molecule has 1 fully saturated rings. The van der Waals surface area contributed by atoms with E-state index in [1.165, 1.54) is 24.8 Å². The maximum absolute atomic E-state index is 10.1. The van der Waals surface area contributed by atoms with Crippen molar-refractivity contribution in [3.05, 3.63) is 23.3 Å². The molecule has 0 radical (unpaired) electrons. The van der Waals surface area contributed by atoms with Gasteiger partial charge in [0.05, 0.1) is 18.8 Å². The smallest absolute Gasteiger partial charge is 0.213 e. The van der Waals surface area contributed by atoms with Crippen LogP contribution in [-0.2, 0) is 15.9 Å². The Hall–Kier alpha value is -1.26. The number of hydrogen-bond donors (Lipinski definition) is 1. The van der Waals surface area contributed by atoms with Crippen LogP contribution in [0.4, 0.5) is 0 Å². The molecule has 23 heavy (non-hydrogen) atoms. The van der Waals surface area contributed by atoms with Gasteiger partial charge < -0.3 is 19.3 Å². The fourth-order valence-electron chi connectivity index (χ4n) is 4.26. The Balaban J connectivity index is 1.63. The second-order valence-corrected chi connectivity index (χ2v) is 7.13. The van der Waals surface area contributed by atoms with E-state index in [0.717, 1.165) is 50.0 Å². The van der Waals surface area contributed by atoms with Gasteiger partial charge in [-0.25, -0.2) is 0 Å². The van der Waals surface area contributed by atoms with Gasteiger partial charge >= 0.3 is 0 Å². The van der Waals surface area contributed by atoms with Gasteiger partial charge in [0, 0.05) is 24.5 Å². The van der Waals surface area contributed by atoms with Gasteiger partial charge in [0.15, 0.2) is 0 Å². The quantitative estimate of drug-likeness (QED) is 0.843. The van der Waals surface area contributed by atoms with Gasteiger partial charge in [-0.15, -0.1) is 0 Å². The number of rotatable bonds is 4. The molecule has 3 atom stereocenters. The molecule has 0 saturated carbocycles. The summed E-state index contributed by atoms with van der Waals surface area (Å²) in [5, 5.41) is 10.1. The summed E-state index contributed by atoms with van der Waals surface area (Å²) in [5.41, 5.74) is 2.32. The summed E-state index contributed by atoms with van der Waals surface area (Å²) in [6, 6.07) is 3.60. The largest absolute Gasteiger partial charge is 0.508 e. The second-order valence-electron chi connectivity index (χ2n) is 7.13. The number of phenols is 1. The second kappa shape index (κ2) is 5.99. The number of unbranched alkanes of at least 4 members (excludes halogenated alkanes) is 2. The Labute approximate surface area is 137 Å². The first kappa shape index (κ1) is 15.3. The van der Waals surface area contributed by atoms with Crippen molar-refractivity contribution in [2.45, 2.75) is 76.3 Å². The molecule has 3 heterocycles. The van der Waals surface area contributed by atoms with Crippen LogP contribution < -0.4 is 4.74 Å². The van der Waals surface area contributed by atoms with E-state index < -0.39 is 5.79 Å². The van der Waals surface area contributed by atoms with Gasteiger partial charge in [-0.1, -0.05) is 26.2 Å². The maximum Gasteiger partial charge on any atom is 0.213 e. The highest BCUT2D eigenvalue weighted by Crippen LogP contribution is 2.51. The van der Waals surface area contributed by atoms with Gasteiger partial charge in [-0.05, 0) is 30.9 Å². The maximum atomic E-state index is 10.1. The summed E-state index contributed by atoms with van der Waals surface area (Å²) >= 11 is 0. The standard InChI is InChI=1S/C19H26O4/c1-2-3-4-6-15-10-13-9-14(20)11-16-18(13)17(22-15)12-19(23-16)7-5-8-21-19/h9,11,15,17,20H,2-8,10,12H2,1H3/t15-,17+,19-/m1/s1. The van der Waals surface area contributed by atoms with E-state index in [-0.39, 0.29) is 18.0 Å². The summed E-state index contributed by atoms with van der Waals surface area (Å²) in [6.07, 6.45) is 8.59.